The van der Waals surface area contributed by atoms with E-state index in [0.717, 1.165) is 0 Å². The SMILES string of the molecule is C.C[C@](O)(CBr)C(=O)Cl.C[C@](O)(CBr)C(=O)Cl.C[C@](O)(CBr)C(=O)O.[C-]#[N+]c1ccc(N)cc1Cl.[C-]#[N+]c1ccc(NC(=O)[C@@](C)(O)CBr)cc1Cl. The number of benzene rings is 2. The first-order valence-corrected chi connectivity index (χ1v) is 19.3. The van der Waals surface area contributed by atoms with Gasteiger partial charge in [0, 0.05) is 42.7 Å². The molecule has 0 spiro atoms. The van der Waals surface area contributed by atoms with E-state index in [9.17, 15) is 24.3 Å². The van der Waals surface area contributed by atoms with E-state index in [1.165, 1.54) is 39.8 Å². The van der Waals surface area contributed by atoms with Gasteiger partial charge in [0.2, 0.25) is 11.4 Å². The van der Waals surface area contributed by atoms with Gasteiger partial charge in [-0.05, 0) is 75.2 Å². The highest BCUT2D eigenvalue weighted by atomic mass is 79.9. The van der Waals surface area contributed by atoms with E-state index >= 15 is 0 Å². The fourth-order valence-electron chi connectivity index (χ4n) is 1.78. The zero-order chi connectivity index (χ0) is 41.0. The van der Waals surface area contributed by atoms with Crippen LogP contribution in [0.4, 0.5) is 22.7 Å². The average molecular weight is 1070 g/mol. The lowest BCUT2D eigenvalue weighted by molar-refractivity contribution is -0.154. The molecule has 21 heteroatoms. The molecule has 8 N–H and O–H groups in total. The number of anilines is 2. The third-order valence-electron chi connectivity index (χ3n) is 5.26. The lowest BCUT2D eigenvalue weighted by atomic mass is 10.1. The molecule has 0 fully saturated rings. The molecule has 0 aliphatic carbocycles. The Bertz CT molecular complexity index is 1510. The number of alkyl halides is 4. The fourth-order valence-corrected chi connectivity index (χ4v) is 3.69. The quantitative estimate of drug-likeness (QED) is 0.0555. The third-order valence-corrected chi connectivity index (χ3v) is 11.0. The summed E-state index contributed by atoms with van der Waals surface area (Å²) >= 11 is 33.1. The number of hydrogen-bond donors (Lipinski definition) is 7. The van der Waals surface area contributed by atoms with Crippen molar-refractivity contribution in [2.75, 3.05) is 32.4 Å². The summed E-state index contributed by atoms with van der Waals surface area (Å²) in [5.41, 5.74) is 1.22. The molecule has 4 atom stereocenters. The minimum absolute atomic E-state index is 0. The molecule has 2 rings (SSSR count). The number of aliphatic hydroxyl groups is 4. The monoisotopic (exact) mass is 1070 g/mol. The summed E-state index contributed by atoms with van der Waals surface area (Å²) in [6.45, 7) is 18.8. The Balaban J connectivity index is -0.000000288. The van der Waals surface area contributed by atoms with Gasteiger partial charge in [-0.2, -0.15) is 0 Å². The smallest absolute Gasteiger partial charge is 0.336 e. The number of carboxylic acids is 1. The number of nitrogens with one attached hydrogen (secondary N) is 1. The lowest BCUT2D eigenvalue weighted by Gasteiger charge is -2.19. The van der Waals surface area contributed by atoms with E-state index in [1.54, 1.807) is 24.3 Å². The van der Waals surface area contributed by atoms with E-state index in [2.05, 4.69) is 78.7 Å². The van der Waals surface area contributed by atoms with Crippen LogP contribution in [0.2, 0.25) is 10.0 Å². The van der Waals surface area contributed by atoms with Crippen molar-refractivity contribution in [2.24, 2.45) is 0 Å². The topological polar surface area (TPSA) is 216 Å². The molecule has 0 aliphatic heterocycles. The number of nitrogens with two attached hydrogens (primary N) is 1. The van der Waals surface area contributed by atoms with Crippen LogP contribution in [0.25, 0.3) is 9.69 Å². The molecule has 13 nitrogen and oxygen atoms in total. The summed E-state index contributed by atoms with van der Waals surface area (Å²) in [7, 11) is 0. The number of halogens is 8. The number of hydrogen-bond acceptors (Lipinski definition) is 9. The van der Waals surface area contributed by atoms with Crippen molar-refractivity contribution in [1.29, 1.82) is 0 Å². The number of rotatable bonds is 9. The van der Waals surface area contributed by atoms with Crippen molar-refractivity contribution < 1.29 is 44.7 Å². The molecule has 1 amide bonds. The standard InChI is InChI=1S/C11H10BrClN2O2.C7H5ClN2.2C4H6BrClO2.C4H7BrO3.CH4/c1-11(17,6-12)10(16)15-7-3-4-9(14-2)8(13)5-7;1-10-7-3-2-5(9)4-6(7)8;3*1-4(8,2-5)3(6)7;/h3-5,17H,6H2,1H3,(H,15,16);2-4H,9H2;2*8H,2H2,1H3;8H,2H2,1H3,(H,6,7);1H4/t11-;;3*4-;/m0.000./s1. The number of carbonyl (C=O) groups excluding carboxylic acids is 3. The first-order chi connectivity index (χ1) is 23.2. The molecular formula is C31H38Br4Cl4N4O9. The van der Waals surface area contributed by atoms with Gasteiger partial charge in [-0.1, -0.05) is 106 Å². The zero-order valence-electron chi connectivity index (χ0n) is 27.2. The Hall–Kier alpha value is -1.58. The summed E-state index contributed by atoms with van der Waals surface area (Å²) in [6, 6.07) is 9.35. The molecule has 0 bridgehead atoms. The highest BCUT2D eigenvalue weighted by Gasteiger charge is 2.29. The second-order valence-corrected chi connectivity index (χ2v) is 14.3. The van der Waals surface area contributed by atoms with Crippen molar-refractivity contribution >= 4 is 155 Å². The van der Waals surface area contributed by atoms with Gasteiger partial charge in [0.15, 0.2) is 5.60 Å². The summed E-state index contributed by atoms with van der Waals surface area (Å²) in [4.78, 5) is 48.3. The Morgan fingerprint density at radius 1 is 0.712 bits per heavy atom. The molecule has 0 saturated heterocycles. The molecule has 292 valence electrons. The molecule has 0 heterocycles. The predicted molar refractivity (Wildman–Crippen MR) is 222 cm³/mol. The van der Waals surface area contributed by atoms with Gasteiger partial charge >= 0.3 is 5.97 Å². The Kier molecular flexibility index (Phi) is 29.8. The maximum Gasteiger partial charge on any atom is 0.336 e. The second kappa shape index (κ2) is 27.1. The fraction of sp³-hybridized carbons (Fsp3) is 0.419. The summed E-state index contributed by atoms with van der Waals surface area (Å²) in [5.74, 6) is -1.75. The Morgan fingerprint density at radius 3 is 1.29 bits per heavy atom. The number of amides is 1. The maximum atomic E-state index is 11.6. The van der Waals surface area contributed by atoms with Crippen molar-refractivity contribution in [3.05, 3.63) is 69.3 Å². The Labute approximate surface area is 356 Å². The van der Waals surface area contributed by atoms with Crippen LogP contribution in [-0.4, -0.2) is 91.6 Å². The molecule has 0 aromatic heterocycles. The van der Waals surface area contributed by atoms with E-state index in [1.807, 2.05) is 0 Å². The van der Waals surface area contributed by atoms with E-state index in [0.29, 0.717) is 27.8 Å². The van der Waals surface area contributed by atoms with Crippen molar-refractivity contribution in [3.63, 3.8) is 0 Å². The van der Waals surface area contributed by atoms with Gasteiger partial charge in [0.25, 0.3) is 16.4 Å². The van der Waals surface area contributed by atoms with Crippen LogP contribution in [0.15, 0.2) is 36.4 Å². The van der Waals surface area contributed by atoms with Gasteiger partial charge < -0.3 is 36.6 Å². The molecule has 52 heavy (non-hydrogen) atoms. The number of carbonyl (C=O) groups is 4. The minimum Gasteiger partial charge on any atom is -0.479 e. The van der Waals surface area contributed by atoms with Gasteiger partial charge in [-0.15, -0.1) is 0 Å². The molecule has 0 saturated carbocycles. The van der Waals surface area contributed by atoms with Crippen LogP contribution in [0.5, 0.6) is 0 Å². The third kappa shape index (κ3) is 23.3. The van der Waals surface area contributed by atoms with Gasteiger partial charge in [-0.25, -0.2) is 14.5 Å². The van der Waals surface area contributed by atoms with Gasteiger partial charge in [-0.3, -0.25) is 14.4 Å². The normalized spacial score (nSPS) is 14.2. The van der Waals surface area contributed by atoms with Crippen LogP contribution in [0.3, 0.4) is 0 Å². The minimum atomic E-state index is -1.62. The highest BCUT2D eigenvalue weighted by molar-refractivity contribution is 9.09. The summed E-state index contributed by atoms with van der Waals surface area (Å²) < 4.78 is 0. The van der Waals surface area contributed by atoms with Gasteiger partial charge in [0.1, 0.15) is 16.8 Å². The largest absolute Gasteiger partial charge is 0.479 e. The number of nitrogens with zero attached hydrogens (tertiary/aromatic N) is 2. The number of nitrogen functional groups attached to an aromatic ring is 1. The van der Waals surface area contributed by atoms with E-state index < -0.39 is 44.8 Å². The first kappa shape index (κ1) is 57.1. The maximum absolute atomic E-state index is 11.6. The highest BCUT2D eigenvalue weighted by Crippen LogP contribution is 2.28. The molecule has 0 unspecified atom stereocenters. The van der Waals surface area contributed by atoms with Crippen molar-refractivity contribution in [2.45, 2.75) is 57.5 Å². The van der Waals surface area contributed by atoms with Crippen LogP contribution in [0, 0.1) is 13.1 Å². The zero-order valence-corrected chi connectivity index (χ0v) is 36.5. The van der Waals surface area contributed by atoms with E-state index in [-0.39, 0.29) is 33.8 Å². The first-order valence-electron chi connectivity index (χ1n) is 13.3. The average Bonchev–Trinajstić information content (AvgIpc) is 3.05. The summed E-state index contributed by atoms with van der Waals surface area (Å²) in [6.07, 6.45) is 0. The molecular weight excluding hydrogens is 1030 g/mol. The Morgan fingerprint density at radius 2 is 1.06 bits per heavy atom. The van der Waals surface area contributed by atoms with Crippen LogP contribution >= 0.6 is 110 Å². The molecule has 0 radical (unpaired) electrons. The lowest BCUT2D eigenvalue weighted by Crippen LogP contribution is -2.41. The van der Waals surface area contributed by atoms with Crippen molar-refractivity contribution in [1.82, 2.24) is 0 Å². The van der Waals surface area contributed by atoms with Crippen LogP contribution in [-0.2, 0) is 19.2 Å². The van der Waals surface area contributed by atoms with E-state index in [4.69, 9.17) is 85.7 Å². The number of aliphatic carboxylic acids is 1. The molecule has 0 aliphatic rings. The van der Waals surface area contributed by atoms with Crippen LogP contribution in [0.1, 0.15) is 35.1 Å². The molecule has 2 aromatic carbocycles. The second-order valence-electron chi connectivity index (χ2n) is 10.5. The predicted octanol–water partition coefficient (Wildman–Crippen LogP) is 8.10. The summed E-state index contributed by atoms with van der Waals surface area (Å²) in [5, 5.41) is 46.6. The van der Waals surface area contributed by atoms with Gasteiger partial charge in [0.05, 0.1) is 13.1 Å². The number of carboxylic acid groups (broad SMARTS) is 1. The van der Waals surface area contributed by atoms with Crippen LogP contribution < -0.4 is 11.1 Å². The van der Waals surface area contributed by atoms with Crippen molar-refractivity contribution in [3.8, 4) is 0 Å². The molecule has 2 aromatic rings.